The van der Waals surface area contributed by atoms with E-state index in [0.29, 0.717) is 12.1 Å². The molecule has 19 heavy (non-hydrogen) atoms. The van der Waals surface area contributed by atoms with Crippen molar-refractivity contribution in [2.24, 2.45) is 5.92 Å². The molecule has 1 unspecified atom stereocenters. The molecule has 104 valence electrons. The van der Waals surface area contributed by atoms with Crippen LogP contribution >= 0.6 is 15.9 Å². The fourth-order valence-electron chi connectivity index (χ4n) is 1.47. The maximum Gasteiger partial charge on any atom is 0.319 e. The van der Waals surface area contributed by atoms with E-state index in [1.807, 2.05) is 13.0 Å². The molecule has 0 aliphatic rings. The Morgan fingerprint density at radius 1 is 1.42 bits per heavy atom. The minimum absolute atomic E-state index is 0.116. The van der Waals surface area contributed by atoms with E-state index in [0.717, 1.165) is 10.0 Å². The molecule has 0 aromatic heterocycles. The van der Waals surface area contributed by atoms with Gasteiger partial charge in [-0.2, -0.15) is 0 Å². The number of aryl methyl sites for hydroxylation is 1. The first-order chi connectivity index (χ1) is 8.93. The molecule has 0 bridgehead atoms. The van der Waals surface area contributed by atoms with E-state index in [4.69, 9.17) is 5.11 Å². The number of carbonyl (C=O) groups is 2. The molecule has 3 N–H and O–H groups in total. The Hall–Kier alpha value is -1.56. The minimum Gasteiger partial charge on any atom is -0.481 e. The van der Waals surface area contributed by atoms with Gasteiger partial charge in [0.1, 0.15) is 0 Å². The molecule has 0 spiro atoms. The second kappa shape index (κ2) is 7.13. The first-order valence-electron chi connectivity index (χ1n) is 5.97. The summed E-state index contributed by atoms with van der Waals surface area (Å²) >= 11 is 3.38. The molecule has 1 rings (SSSR count). The van der Waals surface area contributed by atoms with Crippen LogP contribution in [-0.2, 0) is 4.79 Å². The highest BCUT2D eigenvalue weighted by atomic mass is 79.9. The lowest BCUT2D eigenvalue weighted by Crippen LogP contribution is -2.35. The second-order valence-electron chi connectivity index (χ2n) is 4.24. The molecule has 0 heterocycles. The molecule has 0 aliphatic heterocycles. The predicted molar refractivity (Wildman–Crippen MR) is 77.3 cm³/mol. The number of aliphatic carboxylic acids is 1. The van der Waals surface area contributed by atoms with Gasteiger partial charge in [0.25, 0.3) is 0 Å². The molecule has 6 heteroatoms. The summed E-state index contributed by atoms with van der Waals surface area (Å²) in [5, 5.41) is 14.1. The number of carbonyl (C=O) groups excluding carboxylic acids is 1. The lowest BCUT2D eigenvalue weighted by atomic mass is 10.1. The molecule has 0 saturated heterocycles. The Balaban J connectivity index is 2.51. The van der Waals surface area contributed by atoms with Crippen LogP contribution in [0.1, 0.15) is 18.9 Å². The van der Waals surface area contributed by atoms with Crippen LogP contribution in [-0.4, -0.2) is 23.7 Å². The van der Waals surface area contributed by atoms with Crippen LogP contribution in [0.25, 0.3) is 0 Å². The summed E-state index contributed by atoms with van der Waals surface area (Å²) < 4.78 is 0.905. The van der Waals surface area contributed by atoms with Gasteiger partial charge in [0.15, 0.2) is 0 Å². The first kappa shape index (κ1) is 15.5. The van der Waals surface area contributed by atoms with E-state index in [9.17, 15) is 9.59 Å². The van der Waals surface area contributed by atoms with Crippen molar-refractivity contribution < 1.29 is 14.7 Å². The Kier molecular flexibility index (Phi) is 5.82. The third kappa shape index (κ3) is 4.90. The molecule has 0 radical (unpaired) electrons. The quantitative estimate of drug-likeness (QED) is 0.777. The molecule has 1 atom stereocenters. The number of rotatable bonds is 5. The number of urea groups is 1. The van der Waals surface area contributed by atoms with Crippen molar-refractivity contribution in [1.29, 1.82) is 0 Å². The highest BCUT2D eigenvalue weighted by Gasteiger charge is 2.15. The van der Waals surface area contributed by atoms with Crippen molar-refractivity contribution >= 4 is 33.6 Å². The van der Waals surface area contributed by atoms with Gasteiger partial charge in [0.05, 0.1) is 5.92 Å². The zero-order valence-corrected chi connectivity index (χ0v) is 12.5. The van der Waals surface area contributed by atoms with Crippen molar-refractivity contribution in [3.8, 4) is 0 Å². The van der Waals surface area contributed by atoms with Gasteiger partial charge in [-0.25, -0.2) is 4.79 Å². The molecule has 0 aliphatic carbocycles. The number of hydrogen-bond acceptors (Lipinski definition) is 2. The number of benzene rings is 1. The second-order valence-corrected chi connectivity index (χ2v) is 5.10. The van der Waals surface area contributed by atoms with Crippen molar-refractivity contribution in [3.63, 3.8) is 0 Å². The van der Waals surface area contributed by atoms with E-state index >= 15 is 0 Å². The van der Waals surface area contributed by atoms with Crippen LogP contribution in [0, 0.1) is 12.8 Å². The summed E-state index contributed by atoms with van der Waals surface area (Å²) in [7, 11) is 0. The van der Waals surface area contributed by atoms with Crippen molar-refractivity contribution in [2.75, 3.05) is 11.9 Å². The Morgan fingerprint density at radius 3 is 2.63 bits per heavy atom. The average Bonchev–Trinajstić information content (AvgIpc) is 2.34. The van der Waals surface area contributed by atoms with Gasteiger partial charge < -0.3 is 15.7 Å². The van der Waals surface area contributed by atoms with Crippen LogP contribution in [0.4, 0.5) is 10.5 Å². The van der Waals surface area contributed by atoms with Crippen molar-refractivity contribution in [1.82, 2.24) is 5.32 Å². The lowest BCUT2D eigenvalue weighted by molar-refractivity contribution is -0.141. The minimum atomic E-state index is -0.902. The summed E-state index contributed by atoms with van der Waals surface area (Å²) in [4.78, 5) is 22.4. The van der Waals surface area contributed by atoms with Gasteiger partial charge >= 0.3 is 12.0 Å². The SMILES string of the molecule is CCC(CNC(=O)Nc1ccc(C)c(Br)c1)C(=O)O. The zero-order valence-electron chi connectivity index (χ0n) is 10.9. The van der Waals surface area contributed by atoms with E-state index in [1.54, 1.807) is 19.1 Å². The number of carboxylic acid groups (broad SMARTS) is 1. The van der Waals surface area contributed by atoms with Gasteiger partial charge in [-0.15, -0.1) is 0 Å². The maximum absolute atomic E-state index is 11.6. The number of amides is 2. The molecule has 5 nitrogen and oxygen atoms in total. The smallest absolute Gasteiger partial charge is 0.319 e. The summed E-state index contributed by atoms with van der Waals surface area (Å²) in [5.41, 5.74) is 1.72. The number of nitrogens with one attached hydrogen (secondary N) is 2. The van der Waals surface area contributed by atoms with E-state index in [-0.39, 0.29) is 6.54 Å². The number of hydrogen-bond donors (Lipinski definition) is 3. The number of halogens is 1. The highest BCUT2D eigenvalue weighted by Crippen LogP contribution is 2.20. The third-order valence-electron chi connectivity index (χ3n) is 2.78. The summed E-state index contributed by atoms with van der Waals surface area (Å²) in [5.74, 6) is -1.46. The van der Waals surface area contributed by atoms with Gasteiger partial charge in [-0.05, 0) is 31.0 Å². The normalized spacial score (nSPS) is 11.7. The molecule has 0 saturated carbocycles. The summed E-state index contributed by atoms with van der Waals surface area (Å²) in [6.45, 7) is 3.84. The Morgan fingerprint density at radius 2 is 2.11 bits per heavy atom. The van der Waals surface area contributed by atoms with E-state index in [2.05, 4.69) is 26.6 Å². The monoisotopic (exact) mass is 328 g/mol. The molecule has 1 aromatic rings. The largest absolute Gasteiger partial charge is 0.481 e. The molecule has 2 amide bonds. The molecule has 1 aromatic carbocycles. The summed E-state index contributed by atoms with van der Waals surface area (Å²) in [6, 6.07) is 5.05. The van der Waals surface area contributed by atoms with Gasteiger partial charge in [-0.3, -0.25) is 4.79 Å². The third-order valence-corrected chi connectivity index (χ3v) is 3.64. The van der Waals surface area contributed by atoms with Crippen LogP contribution < -0.4 is 10.6 Å². The maximum atomic E-state index is 11.6. The fourth-order valence-corrected chi connectivity index (χ4v) is 1.85. The number of carboxylic acids is 1. The summed E-state index contributed by atoms with van der Waals surface area (Å²) in [6.07, 6.45) is 0.478. The van der Waals surface area contributed by atoms with Crippen LogP contribution in [0.3, 0.4) is 0 Å². The average molecular weight is 329 g/mol. The predicted octanol–water partition coefficient (Wildman–Crippen LogP) is 2.99. The standard InChI is InChI=1S/C13H17BrN2O3/c1-3-9(12(17)18)7-15-13(19)16-10-5-4-8(2)11(14)6-10/h4-6,9H,3,7H2,1-2H3,(H,17,18)(H2,15,16,19). The number of anilines is 1. The molecular formula is C13H17BrN2O3. The van der Waals surface area contributed by atoms with Gasteiger partial charge in [-0.1, -0.05) is 28.9 Å². The van der Waals surface area contributed by atoms with Crippen LogP contribution in [0.2, 0.25) is 0 Å². The lowest BCUT2D eigenvalue weighted by Gasteiger charge is -2.12. The molecular weight excluding hydrogens is 312 g/mol. The highest BCUT2D eigenvalue weighted by molar-refractivity contribution is 9.10. The van der Waals surface area contributed by atoms with Crippen molar-refractivity contribution in [2.45, 2.75) is 20.3 Å². The van der Waals surface area contributed by atoms with Crippen LogP contribution in [0.15, 0.2) is 22.7 Å². The van der Waals surface area contributed by atoms with E-state index in [1.165, 1.54) is 0 Å². The van der Waals surface area contributed by atoms with Crippen molar-refractivity contribution in [3.05, 3.63) is 28.2 Å². The fraction of sp³-hybridized carbons (Fsp3) is 0.385. The Bertz CT molecular complexity index is 477. The van der Waals surface area contributed by atoms with Gasteiger partial charge in [0, 0.05) is 16.7 Å². The van der Waals surface area contributed by atoms with Crippen LogP contribution in [0.5, 0.6) is 0 Å². The van der Waals surface area contributed by atoms with E-state index < -0.39 is 17.9 Å². The Labute approximate surface area is 120 Å². The first-order valence-corrected chi connectivity index (χ1v) is 6.77. The molecule has 0 fully saturated rings. The zero-order chi connectivity index (χ0) is 14.4. The van der Waals surface area contributed by atoms with Gasteiger partial charge in [0.2, 0.25) is 0 Å². The topological polar surface area (TPSA) is 78.4 Å².